The average Bonchev–Trinajstić information content (AvgIpc) is 2.36. The number of aryl methyl sites for hydroxylation is 1. The van der Waals surface area contributed by atoms with Crippen molar-refractivity contribution in [1.29, 1.82) is 0 Å². The summed E-state index contributed by atoms with van der Waals surface area (Å²) in [4.78, 5) is 0. The second-order valence-corrected chi connectivity index (χ2v) is 4.44. The maximum atomic E-state index is 10.0. The smallest absolute Gasteiger partial charge is 0.128 e. The van der Waals surface area contributed by atoms with Crippen molar-refractivity contribution in [1.82, 2.24) is 0 Å². The van der Waals surface area contributed by atoms with E-state index >= 15 is 0 Å². The van der Waals surface area contributed by atoms with Crippen molar-refractivity contribution in [2.75, 3.05) is 0 Å². The molecule has 0 aliphatic rings. The standard InChI is InChI=1S/C15H16O4/c16-11-8-13(18)15(14(19)9-11)12(17)7-6-10-4-2-1-3-5-10/h1-5,8-9,12,16-19H,6-7H2. The number of rotatable bonds is 4. The van der Waals surface area contributed by atoms with Gasteiger partial charge in [0.2, 0.25) is 0 Å². The summed E-state index contributed by atoms with van der Waals surface area (Å²) in [6.07, 6.45) is 0.0123. The molecule has 0 spiro atoms. The van der Waals surface area contributed by atoms with Crippen LogP contribution < -0.4 is 0 Å². The second-order valence-electron chi connectivity index (χ2n) is 4.44. The predicted molar refractivity (Wildman–Crippen MR) is 71.2 cm³/mol. The van der Waals surface area contributed by atoms with E-state index in [2.05, 4.69) is 0 Å². The summed E-state index contributed by atoms with van der Waals surface area (Å²) in [5, 5.41) is 38.6. The highest BCUT2D eigenvalue weighted by atomic mass is 16.3. The highest BCUT2D eigenvalue weighted by Crippen LogP contribution is 2.37. The van der Waals surface area contributed by atoms with E-state index in [-0.39, 0.29) is 22.8 Å². The third kappa shape index (κ3) is 3.17. The first-order chi connectivity index (χ1) is 9.08. The first-order valence-electron chi connectivity index (χ1n) is 6.04. The Bertz CT molecular complexity index is 528. The predicted octanol–water partition coefficient (Wildman–Crippen LogP) is 2.47. The fourth-order valence-electron chi connectivity index (χ4n) is 2.04. The molecule has 0 aliphatic carbocycles. The fraction of sp³-hybridized carbons (Fsp3) is 0.200. The Kier molecular flexibility index (Phi) is 3.92. The van der Waals surface area contributed by atoms with Crippen LogP contribution in [0.2, 0.25) is 0 Å². The number of phenols is 3. The van der Waals surface area contributed by atoms with Gasteiger partial charge in [-0.2, -0.15) is 0 Å². The average molecular weight is 260 g/mol. The van der Waals surface area contributed by atoms with Crippen molar-refractivity contribution >= 4 is 0 Å². The molecule has 0 fully saturated rings. The van der Waals surface area contributed by atoms with Crippen molar-refractivity contribution in [3.8, 4) is 17.2 Å². The Morgan fingerprint density at radius 3 is 2.05 bits per heavy atom. The van der Waals surface area contributed by atoms with Crippen molar-refractivity contribution in [3.63, 3.8) is 0 Å². The molecule has 2 rings (SSSR count). The Morgan fingerprint density at radius 1 is 0.895 bits per heavy atom. The lowest BCUT2D eigenvalue weighted by atomic mass is 9.99. The lowest BCUT2D eigenvalue weighted by Crippen LogP contribution is -2.00. The van der Waals surface area contributed by atoms with Gasteiger partial charge in [0.05, 0.1) is 11.7 Å². The third-order valence-corrected chi connectivity index (χ3v) is 3.00. The third-order valence-electron chi connectivity index (χ3n) is 3.00. The topological polar surface area (TPSA) is 80.9 Å². The maximum Gasteiger partial charge on any atom is 0.128 e. The van der Waals surface area contributed by atoms with Crippen LogP contribution in [0.1, 0.15) is 23.7 Å². The Labute approximate surface area is 111 Å². The van der Waals surface area contributed by atoms with Crippen molar-refractivity contribution in [2.45, 2.75) is 18.9 Å². The number of aliphatic hydroxyl groups excluding tert-OH is 1. The molecule has 0 aromatic heterocycles. The molecule has 0 amide bonds. The van der Waals surface area contributed by atoms with Crippen LogP contribution in [0, 0.1) is 0 Å². The summed E-state index contributed by atoms with van der Waals surface area (Å²) in [7, 11) is 0. The molecule has 0 bridgehead atoms. The van der Waals surface area contributed by atoms with Gasteiger partial charge < -0.3 is 20.4 Å². The summed E-state index contributed by atoms with van der Waals surface area (Å²) in [5.74, 6) is -0.856. The van der Waals surface area contributed by atoms with Gasteiger partial charge >= 0.3 is 0 Å². The molecule has 2 aromatic rings. The van der Waals surface area contributed by atoms with Crippen molar-refractivity contribution in [3.05, 3.63) is 53.6 Å². The molecular formula is C15H16O4. The largest absolute Gasteiger partial charge is 0.508 e. The molecule has 4 nitrogen and oxygen atoms in total. The van der Waals surface area contributed by atoms with E-state index in [0.717, 1.165) is 17.7 Å². The molecule has 0 heterocycles. The number of benzene rings is 2. The minimum Gasteiger partial charge on any atom is -0.508 e. The molecule has 1 atom stereocenters. The van der Waals surface area contributed by atoms with Gasteiger partial charge in [0.25, 0.3) is 0 Å². The number of phenolic OH excluding ortho intramolecular Hbond substituents is 3. The van der Waals surface area contributed by atoms with Crippen molar-refractivity contribution < 1.29 is 20.4 Å². The quantitative estimate of drug-likeness (QED) is 0.680. The van der Waals surface area contributed by atoms with E-state index < -0.39 is 6.10 Å². The monoisotopic (exact) mass is 260 g/mol. The normalized spacial score (nSPS) is 12.3. The van der Waals surface area contributed by atoms with E-state index in [1.54, 1.807) is 0 Å². The van der Waals surface area contributed by atoms with Crippen LogP contribution in [0.5, 0.6) is 17.2 Å². The van der Waals surface area contributed by atoms with Gasteiger partial charge in [-0.1, -0.05) is 30.3 Å². The first kappa shape index (κ1) is 13.2. The summed E-state index contributed by atoms with van der Waals surface area (Å²) < 4.78 is 0. The van der Waals surface area contributed by atoms with Crippen molar-refractivity contribution in [2.24, 2.45) is 0 Å². The zero-order valence-electron chi connectivity index (χ0n) is 10.3. The van der Waals surface area contributed by atoms with Gasteiger partial charge in [0.15, 0.2) is 0 Å². The van der Waals surface area contributed by atoms with Gasteiger partial charge in [-0.25, -0.2) is 0 Å². The zero-order valence-corrected chi connectivity index (χ0v) is 10.3. The highest BCUT2D eigenvalue weighted by molar-refractivity contribution is 5.49. The molecule has 1 unspecified atom stereocenters. The van der Waals surface area contributed by atoms with Gasteiger partial charge in [0, 0.05) is 12.1 Å². The van der Waals surface area contributed by atoms with E-state index in [0.29, 0.717) is 12.8 Å². The van der Waals surface area contributed by atoms with E-state index in [1.807, 2.05) is 30.3 Å². The van der Waals surface area contributed by atoms with Gasteiger partial charge in [0.1, 0.15) is 17.2 Å². The summed E-state index contributed by atoms with van der Waals surface area (Å²) in [6, 6.07) is 11.8. The van der Waals surface area contributed by atoms with E-state index in [4.69, 9.17) is 0 Å². The molecule has 19 heavy (non-hydrogen) atoms. The van der Waals surface area contributed by atoms with Gasteiger partial charge in [-0.05, 0) is 18.4 Å². The Hall–Kier alpha value is -2.20. The first-order valence-corrected chi connectivity index (χ1v) is 6.04. The molecule has 4 N–H and O–H groups in total. The molecule has 0 saturated heterocycles. The Balaban J connectivity index is 2.10. The molecule has 100 valence electrons. The van der Waals surface area contributed by atoms with Crippen LogP contribution in [0.25, 0.3) is 0 Å². The fourth-order valence-corrected chi connectivity index (χ4v) is 2.04. The molecule has 2 aromatic carbocycles. The highest BCUT2D eigenvalue weighted by Gasteiger charge is 2.18. The number of aromatic hydroxyl groups is 3. The number of aliphatic hydroxyl groups is 1. The molecular weight excluding hydrogens is 244 g/mol. The Morgan fingerprint density at radius 2 is 1.47 bits per heavy atom. The lowest BCUT2D eigenvalue weighted by Gasteiger charge is -2.14. The van der Waals surface area contributed by atoms with Gasteiger partial charge in [-0.15, -0.1) is 0 Å². The molecule has 0 saturated carbocycles. The molecule has 0 radical (unpaired) electrons. The van der Waals surface area contributed by atoms with Crippen LogP contribution in [0.4, 0.5) is 0 Å². The summed E-state index contributed by atoms with van der Waals surface area (Å²) in [5.41, 5.74) is 1.12. The maximum absolute atomic E-state index is 10.0. The van der Waals surface area contributed by atoms with Gasteiger partial charge in [-0.3, -0.25) is 0 Å². The molecule has 0 aliphatic heterocycles. The minimum atomic E-state index is -0.985. The van der Waals surface area contributed by atoms with E-state index in [1.165, 1.54) is 0 Å². The number of hydrogen-bond acceptors (Lipinski definition) is 4. The van der Waals surface area contributed by atoms with Crippen LogP contribution >= 0.6 is 0 Å². The van der Waals surface area contributed by atoms with Crippen LogP contribution in [0.3, 0.4) is 0 Å². The summed E-state index contributed by atoms with van der Waals surface area (Å²) in [6.45, 7) is 0. The van der Waals surface area contributed by atoms with Crippen LogP contribution in [-0.2, 0) is 6.42 Å². The zero-order chi connectivity index (χ0) is 13.8. The second kappa shape index (κ2) is 5.63. The molecule has 4 heteroatoms. The van der Waals surface area contributed by atoms with Crippen LogP contribution in [0.15, 0.2) is 42.5 Å². The summed E-state index contributed by atoms with van der Waals surface area (Å²) >= 11 is 0. The minimum absolute atomic E-state index is 0.0498. The SMILES string of the molecule is Oc1cc(O)c(C(O)CCc2ccccc2)c(O)c1. The van der Waals surface area contributed by atoms with E-state index in [9.17, 15) is 20.4 Å². The van der Waals surface area contributed by atoms with Crippen LogP contribution in [-0.4, -0.2) is 20.4 Å². The lowest BCUT2D eigenvalue weighted by molar-refractivity contribution is 0.160. The number of hydrogen-bond donors (Lipinski definition) is 4.